The average Bonchev–Trinajstić information content (AvgIpc) is 2.20. The molecule has 0 saturated carbocycles. The molecule has 3 heteroatoms. The first-order chi connectivity index (χ1) is 5.55. The Hall–Kier alpha value is -0.730. The first kappa shape index (κ1) is 9.36. The number of nitrogens with zero attached hydrogens (tertiary/aromatic N) is 1. The van der Waals surface area contributed by atoms with Crippen molar-refractivity contribution < 1.29 is 13.4 Å². The number of hydrogen-bond donors (Lipinski definition) is 0. The molecule has 0 aliphatic carbocycles. The standard InChI is InChI=1S/C9H14F2N/c1-3-4-5-12-7-9(10,11)6-8(12)2/h3-5,8H,6-7H2,1-2H3/q+1/b4-3+,12-5?/t8-/m1/s1. The van der Waals surface area contributed by atoms with Crippen LogP contribution in [0.15, 0.2) is 12.2 Å². The van der Waals surface area contributed by atoms with Crippen molar-refractivity contribution in [3.05, 3.63) is 12.2 Å². The van der Waals surface area contributed by atoms with Crippen LogP contribution in [0, 0.1) is 0 Å². The number of rotatable bonds is 1. The molecule has 0 amide bonds. The van der Waals surface area contributed by atoms with Gasteiger partial charge in [-0.2, -0.15) is 8.78 Å². The second kappa shape index (κ2) is 3.33. The van der Waals surface area contributed by atoms with Crippen molar-refractivity contribution >= 4 is 6.21 Å². The monoisotopic (exact) mass is 174 g/mol. The molecular formula is C9H14F2N+. The number of alkyl halides is 2. The van der Waals surface area contributed by atoms with Gasteiger partial charge < -0.3 is 0 Å². The third kappa shape index (κ3) is 2.13. The third-order valence-corrected chi connectivity index (χ3v) is 2.04. The van der Waals surface area contributed by atoms with E-state index in [1.165, 1.54) is 0 Å². The molecule has 0 aromatic carbocycles. The van der Waals surface area contributed by atoms with E-state index in [9.17, 15) is 8.78 Å². The summed E-state index contributed by atoms with van der Waals surface area (Å²) in [7, 11) is 0. The topological polar surface area (TPSA) is 3.01 Å². The Balaban J connectivity index is 2.70. The van der Waals surface area contributed by atoms with Crippen molar-refractivity contribution in [2.45, 2.75) is 32.2 Å². The van der Waals surface area contributed by atoms with Crippen molar-refractivity contribution in [1.82, 2.24) is 0 Å². The summed E-state index contributed by atoms with van der Waals surface area (Å²) in [5.41, 5.74) is 0. The van der Waals surface area contributed by atoms with Crippen molar-refractivity contribution in [3.8, 4) is 0 Å². The highest BCUT2D eigenvalue weighted by atomic mass is 19.3. The number of allylic oxidation sites excluding steroid dienone is 2. The lowest BCUT2D eigenvalue weighted by Gasteiger charge is -1.98. The zero-order chi connectivity index (χ0) is 9.19. The molecule has 1 rings (SSSR count). The van der Waals surface area contributed by atoms with Crippen molar-refractivity contribution in [2.24, 2.45) is 0 Å². The lowest BCUT2D eigenvalue weighted by Crippen LogP contribution is -2.19. The third-order valence-electron chi connectivity index (χ3n) is 2.04. The SMILES string of the molecule is C/C=C/C=[N+]1CC(F)(F)C[C@H]1C. The van der Waals surface area contributed by atoms with Crippen LogP contribution >= 0.6 is 0 Å². The summed E-state index contributed by atoms with van der Waals surface area (Å²) in [6.07, 6.45) is 5.33. The van der Waals surface area contributed by atoms with Crippen LogP contribution in [0.5, 0.6) is 0 Å². The molecule has 1 fully saturated rings. The summed E-state index contributed by atoms with van der Waals surface area (Å²) in [4.78, 5) is 0. The maximum atomic E-state index is 12.8. The maximum Gasteiger partial charge on any atom is 0.311 e. The fraction of sp³-hybridized carbons (Fsp3) is 0.667. The van der Waals surface area contributed by atoms with E-state index in [1.807, 2.05) is 19.9 Å². The summed E-state index contributed by atoms with van der Waals surface area (Å²) < 4.78 is 27.3. The summed E-state index contributed by atoms with van der Waals surface area (Å²) >= 11 is 0. The second-order valence-corrected chi connectivity index (χ2v) is 3.26. The van der Waals surface area contributed by atoms with Crippen molar-refractivity contribution in [1.29, 1.82) is 0 Å². The number of hydrogen-bond acceptors (Lipinski definition) is 0. The van der Waals surface area contributed by atoms with Crippen LogP contribution in [-0.4, -0.2) is 29.3 Å². The molecule has 1 atom stereocenters. The van der Waals surface area contributed by atoms with Gasteiger partial charge in [-0.1, -0.05) is 6.08 Å². The molecule has 12 heavy (non-hydrogen) atoms. The van der Waals surface area contributed by atoms with Crippen molar-refractivity contribution in [3.63, 3.8) is 0 Å². The van der Waals surface area contributed by atoms with E-state index in [-0.39, 0.29) is 19.0 Å². The van der Waals surface area contributed by atoms with E-state index in [1.54, 1.807) is 16.9 Å². The summed E-state index contributed by atoms with van der Waals surface area (Å²) in [6.45, 7) is 3.55. The van der Waals surface area contributed by atoms with Crippen LogP contribution in [0.3, 0.4) is 0 Å². The molecule has 0 N–H and O–H groups in total. The molecule has 1 heterocycles. The van der Waals surface area contributed by atoms with E-state index in [4.69, 9.17) is 0 Å². The quantitative estimate of drug-likeness (QED) is 0.535. The summed E-state index contributed by atoms with van der Waals surface area (Å²) in [5, 5.41) is 0. The molecule has 0 radical (unpaired) electrons. The van der Waals surface area contributed by atoms with Crippen LogP contribution in [0.2, 0.25) is 0 Å². The highest BCUT2D eigenvalue weighted by molar-refractivity contribution is 5.66. The predicted octanol–water partition coefficient (Wildman–Crippen LogP) is 2.07. The Labute approximate surface area is 71.4 Å². The lowest BCUT2D eigenvalue weighted by atomic mass is 10.2. The van der Waals surface area contributed by atoms with Crippen LogP contribution in [0.25, 0.3) is 0 Å². The highest BCUT2D eigenvalue weighted by Gasteiger charge is 2.46. The Morgan fingerprint density at radius 1 is 1.50 bits per heavy atom. The zero-order valence-corrected chi connectivity index (χ0v) is 7.43. The molecule has 0 aromatic rings. The molecule has 0 spiro atoms. The van der Waals surface area contributed by atoms with E-state index < -0.39 is 5.92 Å². The Bertz CT molecular complexity index is 219. The first-order valence-electron chi connectivity index (χ1n) is 4.15. The molecular weight excluding hydrogens is 160 g/mol. The molecule has 0 unspecified atom stereocenters. The molecule has 0 aromatic heterocycles. The van der Waals surface area contributed by atoms with Gasteiger partial charge in [0.1, 0.15) is 0 Å². The van der Waals surface area contributed by atoms with Gasteiger partial charge in [0, 0.05) is 0 Å². The van der Waals surface area contributed by atoms with Gasteiger partial charge in [-0.15, -0.1) is 0 Å². The van der Waals surface area contributed by atoms with Crippen LogP contribution in [0.1, 0.15) is 20.3 Å². The Morgan fingerprint density at radius 2 is 2.17 bits per heavy atom. The molecule has 1 aliphatic rings. The lowest BCUT2D eigenvalue weighted by molar-refractivity contribution is -0.542. The fourth-order valence-corrected chi connectivity index (χ4v) is 1.43. The molecule has 1 aliphatic heterocycles. The van der Waals surface area contributed by atoms with Gasteiger partial charge in [-0.05, 0) is 19.9 Å². The van der Waals surface area contributed by atoms with E-state index in [0.717, 1.165) is 0 Å². The summed E-state index contributed by atoms with van der Waals surface area (Å²) in [5.74, 6) is -2.50. The minimum Gasteiger partial charge on any atom is -0.227 e. The van der Waals surface area contributed by atoms with Gasteiger partial charge in [0.2, 0.25) is 6.54 Å². The molecule has 1 saturated heterocycles. The largest absolute Gasteiger partial charge is 0.311 e. The molecule has 0 bridgehead atoms. The van der Waals surface area contributed by atoms with Gasteiger partial charge in [-0.25, -0.2) is 4.58 Å². The second-order valence-electron chi connectivity index (χ2n) is 3.26. The number of halogens is 2. The highest BCUT2D eigenvalue weighted by Crippen LogP contribution is 2.28. The minimum absolute atomic E-state index is 0.0267. The predicted molar refractivity (Wildman–Crippen MR) is 45.0 cm³/mol. The molecule has 1 nitrogen and oxygen atoms in total. The van der Waals surface area contributed by atoms with Gasteiger partial charge in [-0.3, -0.25) is 0 Å². The molecule has 68 valence electrons. The van der Waals surface area contributed by atoms with Crippen LogP contribution in [0.4, 0.5) is 8.78 Å². The summed E-state index contributed by atoms with van der Waals surface area (Å²) in [6, 6.07) is -0.0452. The first-order valence-corrected chi connectivity index (χ1v) is 4.15. The van der Waals surface area contributed by atoms with E-state index >= 15 is 0 Å². The fourth-order valence-electron chi connectivity index (χ4n) is 1.43. The maximum absolute atomic E-state index is 12.8. The van der Waals surface area contributed by atoms with Crippen LogP contribution < -0.4 is 0 Å². The Kier molecular flexibility index (Phi) is 2.60. The van der Waals surface area contributed by atoms with Crippen molar-refractivity contribution in [2.75, 3.05) is 6.54 Å². The van der Waals surface area contributed by atoms with Gasteiger partial charge in [0.25, 0.3) is 0 Å². The Morgan fingerprint density at radius 3 is 2.58 bits per heavy atom. The van der Waals surface area contributed by atoms with E-state index in [0.29, 0.717) is 0 Å². The van der Waals surface area contributed by atoms with Gasteiger partial charge in [0.05, 0.1) is 6.42 Å². The van der Waals surface area contributed by atoms with Gasteiger partial charge >= 0.3 is 5.92 Å². The van der Waals surface area contributed by atoms with E-state index in [2.05, 4.69) is 0 Å². The zero-order valence-electron chi connectivity index (χ0n) is 7.43. The smallest absolute Gasteiger partial charge is 0.227 e. The normalized spacial score (nSPS) is 32.0. The van der Waals surface area contributed by atoms with Crippen LogP contribution in [-0.2, 0) is 0 Å². The van der Waals surface area contributed by atoms with Gasteiger partial charge in [0.15, 0.2) is 12.3 Å². The average molecular weight is 174 g/mol. The minimum atomic E-state index is -2.50.